The molecule has 0 aliphatic rings. The first-order valence-corrected chi connectivity index (χ1v) is 4.06. The first-order valence-electron chi connectivity index (χ1n) is 4.06. The molecule has 1 unspecified atom stereocenters. The van der Waals surface area contributed by atoms with Gasteiger partial charge in [0.15, 0.2) is 0 Å². The van der Waals surface area contributed by atoms with Crippen molar-refractivity contribution in [1.29, 1.82) is 0 Å². The van der Waals surface area contributed by atoms with Gasteiger partial charge in [0, 0.05) is 6.42 Å². The van der Waals surface area contributed by atoms with E-state index in [4.69, 9.17) is 0 Å². The molecule has 1 rings (SSSR count). The van der Waals surface area contributed by atoms with E-state index in [0.717, 1.165) is 12.0 Å². The zero-order valence-corrected chi connectivity index (χ0v) is 7.12. The fourth-order valence-electron chi connectivity index (χ4n) is 0.917. The number of benzene rings is 1. The van der Waals surface area contributed by atoms with Gasteiger partial charge in [-0.1, -0.05) is 43.2 Å². The van der Waals surface area contributed by atoms with Crippen LogP contribution in [0.1, 0.15) is 25.0 Å². The van der Waals surface area contributed by atoms with Crippen LogP contribution < -0.4 is 0 Å². The standard InChI is InChI=1S/C11H12O/c1-2-3-9-11(12)10-7-5-4-6-8-10/h4-8,11-12H,2H2,1H3. The second kappa shape index (κ2) is 4.58. The molecule has 1 nitrogen and oxygen atoms in total. The molecule has 1 N–H and O–H groups in total. The van der Waals surface area contributed by atoms with Crippen molar-refractivity contribution < 1.29 is 5.11 Å². The predicted molar refractivity (Wildman–Crippen MR) is 49.5 cm³/mol. The molecule has 1 aromatic carbocycles. The lowest BCUT2D eigenvalue weighted by molar-refractivity contribution is 0.238. The summed E-state index contributed by atoms with van der Waals surface area (Å²) in [6, 6.07) is 9.45. The van der Waals surface area contributed by atoms with Gasteiger partial charge in [-0.15, -0.1) is 5.92 Å². The van der Waals surface area contributed by atoms with Crippen molar-refractivity contribution in [3.63, 3.8) is 0 Å². The predicted octanol–water partition coefficient (Wildman–Crippen LogP) is 2.13. The molecule has 0 radical (unpaired) electrons. The van der Waals surface area contributed by atoms with E-state index in [1.54, 1.807) is 0 Å². The molecule has 0 amide bonds. The Bertz CT molecular complexity index is 279. The maximum absolute atomic E-state index is 9.48. The van der Waals surface area contributed by atoms with E-state index in [2.05, 4.69) is 11.8 Å². The molecule has 0 bridgehead atoms. The van der Waals surface area contributed by atoms with Crippen molar-refractivity contribution in [2.45, 2.75) is 19.4 Å². The van der Waals surface area contributed by atoms with E-state index in [9.17, 15) is 5.11 Å². The molecule has 1 aromatic rings. The van der Waals surface area contributed by atoms with Gasteiger partial charge in [0.2, 0.25) is 0 Å². The van der Waals surface area contributed by atoms with Crippen LogP contribution in [0.3, 0.4) is 0 Å². The molecule has 1 atom stereocenters. The highest BCUT2D eigenvalue weighted by molar-refractivity contribution is 5.24. The smallest absolute Gasteiger partial charge is 0.140 e. The maximum Gasteiger partial charge on any atom is 0.140 e. The van der Waals surface area contributed by atoms with Gasteiger partial charge in [-0.05, 0) is 5.56 Å². The topological polar surface area (TPSA) is 20.2 Å². The van der Waals surface area contributed by atoms with Crippen molar-refractivity contribution in [3.8, 4) is 11.8 Å². The normalized spacial score (nSPS) is 11.5. The van der Waals surface area contributed by atoms with E-state index in [-0.39, 0.29) is 0 Å². The monoisotopic (exact) mass is 160 g/mol. The Morgan fingerprint density at radius 3 is 2.58 bits per heavy atom. The maximum atomic E-state index is 9.48. The van der Waals surface area contributed by atoms with Gasteiger partial charge in [-0.3, -0.25) is 0 Å². The third-order valence-electron chi connectivity index (χ3n) is 1.53. The summed E-state index contributed by atoms with van der Waals surface area (Å²) in [5.41, 5.74) is 0.860. The van der Waals surface area contributed by atoms with E-state index in [0.29, 0.717) is 0 Å². The zero-order valence-electron chi connectivity index (χ0n) is 7.12. The van der Waals surface area contributed by atoms with Crippen molar-refractivity contribution in [2.24, 2.45) is 0 Å². The second-order valence-electron chi connectivity index (χ2n) is 2.49. The Balaban J connectivity index is 2.72. The summed E-state index contributed by atoms with van der Waals surface area (Å²) in [7, 11) is 0. The molecule has 0 fully saturated rings. The molecule has 0 saturated carbocycles. The summed E-state index contributed by atoms with van der Waals surface area (Å²) in [6.45, 7) is 1.96. The minimum Gasteiger partial charge on any atom is -0.376 e. The van der Waals surface area contributed by atoms with E-state index >= 15 is 0 Å². The van der Waals surface area contributed by atoms with Crippen LogP contribution >= 0.6 is 0 Å². The van der Waals surface area contributed by atoms with Crippen LogP contribution in [0.4, 0.5) is 0 Å². The van der Waals surface area contributed by atoms with Gasteiger partial charge in [-0.25, -0.2) is 0 Å². The third-order valence-corrected chi connectivity index (χ3v) is 1.53. The lowest BCUT2D eigenvalue weighted by Gasteiger charge is -2.01. The van der Waals surface area contributed by atoms with Crippen molar-refractivity contribution in [1.82, 2.24) is 0 Å². The van der Waals surface area contributed by atoms with Gasteiger partial charge >= 0.3 is 0 Å². The van der Waals surface area contributed by atoms with E-state index in [1.165, 1.54) is 0 Å². The van der Waals surface area contributed by atoms with Gasteiger partial charge in [-0.2, -0.15) is 0 Å². The van der Waals surface area contributed by atoms with Gasteiger partial charge in [0.1, 0.15) is 6.10 Å². The van der Waals surface area contributed by atoms with Crippen LogP contribution in [0.5, 0.6) is 0 Å². The van der Waals surface area contributed by atoms with Gasteiger partial charge in [0.25, 0.3) is 0 Å². The lowest BCUT2D eigenvalue weighted by atomic mass is 10.1. The molecule has 0 aliphatic heterocycles. The molecule has 12 heavy (non-hydrogen) atoms. The molecule has 0 spiro atoms. The average Bonchev–Trinajstić information content (AvgIpc) is 2.15. The summed E-state index contributed by atoms with van der Waals surface area (Å²) < 4.78 is 0. The number of hydrogen-bond donors (Lipinski definition) is 1. The van der Waals surface area contributed by atoms with Gasteiger partial charge < -0.3 is 5.11 Å². The van der Waals surface area contributed by atoms with Crippen LogP contribution in [-0.2, 0) is 0 Å². The molecular formula is C11H12O. The first-order chi connectivity index (χ1) is 5.84. The third kappa shape index (κ3) is 2.41. The molecule has 0 saturated heterocycles. The van der Waals surface area contributed by atoms with Crippen LogP contribution in [0.15, 0.2) is 30.3 Å². The summed E-state index contributed by atoms with van der Waals surface area (Å²) in [4.78, 5) is 0. The SMILES string of the molecule is CCC#CC(O)c1ccccc1. The number of rotatable bonds is 1. The summed E-state index contributed by atoms with van der Waals surface area (Å²) in [5.74, 6) is 5.60. The fourth-order valence-corrected chi connectivity index (χ4v) is 0.917. The zero-order chi connectivity index (χ0) is 8.81. The molecule has 0 heterocycles. The first kappa shape index (κ1) is 8.83. The van der Waals surface area contributed by atoms with Crippen molar-refractivity contribution in [3.05, 3.63) is 35.9 Å². The Morgan fingerprint density at radius 1 is 1.33 bits per heavy atom. The second-order valence-corrected chi connectivity index (χ2v) is 2.49. The van der Waals surface area contributed by atoms with Crippen LogP contribution in [0.25, 0.3) is 0 Å². The average molecular weight is 160 g/mol. The Hall–Kier alpha value is -1.26. The Labute approximate surface area is 73.0 Å². The largest absolute Gasteiger partial charge is 0.376 e. The highest BCUT2D eigenvalue weighted by Crippen LogP contribution is 2.09. The minimum atomic E-state index is -0.633. The summed E-state index contributed by atoms with van der Waals surface area (Å²) >= 11 is 0. The quantitative estimate of drug-likeness (QED) is 0.624. The number of aliphatic hydroxyl groups excluding tert-OH is 1. The molecule has 62 valence electrons. The summed E-state index contributed by atoms with van der Waals surface area (Å²) in [6.07, 6.45) is 0.148. The number of hydrogen-bond acceptors (Lipinski definition) is 1. The highest BCUT2D eigenvalue weighted by atomic mass is 16.3. The van der Waals surface area contributed by atoms with E-state index < -0.39 is 6.10 Å². The minimum absolute atomic E-state index is 0.633. The molecule has 0 aliphatic carbocycles. The van der Waals surface area contributed by atoms with Crippen LogP contribution in [0.2, 0.25) is 0 Å². The Morgan fingerprint density at radius 2 is 2.00 bits per heavy atom. The van der Waals surface area contributed by atoms with Crippen molar-refractivity contribution >= 4 is 0 Å². The van der Waals surface area contributed by atoms with Crippen LogP contribution in [0, 0.1) is 11.8 Å². The summed E-state index contributed by atoms with van der Waals surface area (Å²) in [5, 5.41) is 9.48. The molecule has 0 aromatic heterocycles. The van der Waals surface area contributed by atoms with Crippen molar-refractivity contribution in [2.75, 3.05) is 0 Å². The van der Waals surface area contributed by atoms with Crippen LogP contribution in [-0.4, -0.2) is 5.11 Å². The fraction of sp³-hybridized carbons (Fsp3) is 0.273. The molecular weight excluding hydrogens is 148 g/mol. The molecule has 1 heteroatoms. The Kier molecular flexibility index (Phi) is 3.37. The van der Waals surface area contributed by atoms with Gasteiger partial charge in [0.05, 0.1) is 0 Å². The number of aliphatic hydroxyl groups is 1. The highest BCUT2D eigenvalue weighted by Gasteiger charge is 1.99. The lowest BCUT2D eigenvalue weighted by Crippen LogP contribution is -1.91. The van der Waals surface area contributed by atoms with E-state index in [1.807, 2.05) is 37.3 Å².